The van der Waals surface area contributed by atoms with E-state index in [0.717, 1.165) is 49.4 Å². The van der Waals surface area contributed by atoms with Gasteiger partial charge in [-0.1, -0.05) is 30.3 Å². The van der Waals surface area contributed by atoms with Gasteiger partial charge in [-0.15, -0.1) is 0 Å². The standard InChI is InChI=1S/C22H27FN2O2/c1-16(20-7-3-4-8-21(20)27-2)24-22(26)18-6-5-13-25(15-18)14-17-9-11-19(23)12-10-17/h3-4,7-12,16,18H,5-6,13-15H2,1-2H3,(H,24,26)/t16-,18-/m0/s1. The molecule has 0 bridgehead atoms. The highest BCUT2D eigenvalue weighted by atomic mass is 19.1. The molecule has 0 aliphatic carbocycles. The van der Waals surface area contributed by atoms with Crippen molar-refractivity contribution in [1.82, 2.24) is 10.2 Å². The lowest BCUT2D eigenvalue weighted by atomic mass is 9.95. The number of likely N-dealkylation sites (tertiary alicyclic amines) is 1. The van der Waals surface area contributed by atoms with Crippen LogP contribution in [0.25, 0.3) is 0 Å². The smallest absolute Gasteiger partial charge is 0.224 e. The molecule has 3 rings (SSSR count). The zero-order chi connectivity index (χ0) is 19.2. The van der Waals surface area contributed by atoms with Gasteiger partial charge in [-0.25, -0.2) is 4.39 Å². The van der Waals surface area contributed by atoms with Gasteiger partial charge in [-0.05, 0) is 50.1 Å². The van der Waals surface area contributed by atoms with Crippen molar-refractivity contribution in [3.8, 4) is 5.75 Å². The van der Waals surface area contributed by atoms with Gasteiger partial charge in [0, 0.05) is 18.7 Å². The van der Waals surface area contributed by atoms with Crippen LogP contribution in [0.5, 0.6) is 5.75 Å². The van der Waals surface area contributed by atoms with E-state index >= 15 is 0 Å². The summed E-state index contributed by atoms with van der Waals surface area (Å²) < 4.78 is 18.5. The van der Waals surface area contributed by atoms with Crippen molar-refractivity contribution in [3.05, 3.63) is 65.5 Å². The van der Waals surface area contributed by atoms with Crippen molar-refractivity contribution in [1.29, 1.82) is 0 Å². The lowest BCUT2D eigenvalue weighted by Gasteiger charge is -2.32. The molecule has 0 radical (unpaired) electrons. The summed E-state index contributed by atoms with van der Waals surface area (Å²) in [5, 5.41) is 3.14. The Balaban J connectivity index is 1.58. The summed E-state index contributed by atoms with van der Waals surface area (Å²) in [5.41, 5.74) is 2.05. The molecule has 5 heteroatoms. The van der Waals surface area contributed by atoms with E-state index in [0.29, 0.717) is 0 Å². The van der Waals surface area contributed by atoms with Gasteiger partial charge in [0.25, 0.3) is 0 Å². The number of ether oxygens (including phenoxy) is 1. The average Bonchev–Trinajstić information content (AvgIpc) is 2.70. The molecule has 0 unspecified atom stereocenters. The maximum absolute atomic E-state index is 13.1. The minimum absolute atomic E-state index is 0.0312. The fourth-order valence-corrected chi connectivity index (χ4v) is 3.69. The van der Waals surface area contributed by atoms with Crippen molar-refractivity contribution in [2.75, 3.05) is 20.2 Å². The molecular weight excluding hydrogens is 343 g/mol. The van der Waals surface area contributed by atoms with Crippen LogP contribution in [0.4, 0.5) is 4.39 Å². The minimum Gasteiger partial charge on any atom is -0.496 e. The highest BCUT2D eigenvalue weighted by Crippen LogP contribution is 2.26. The molecule has 0 aromatic heterocycles. The molecule has 1 N–H and O–H groups in total. The third-order valence-corrected chi connectivity index (χ3v) is 5.16. The van der Waals surface area contributed by atoms with E-state index in [1.165, 1.54) is 12.1 Å². The monoisotopic (exact) mass is 370 g/mol. The fraction of sp³-hybridized carbons (Fsp3) is 0.409. The topological polar surface area (TPSA) is 41.6 Å². The summed E-state index contributed by atoms with van der Waals surface area (Å²) in [6.45, 7) is 4.41. The second-order valence-electron chi connectivity index (χ2n) is 7.17. The maximum Gasteiger partial charge on any atom is 0.224 e. The molecule has 27 heavy (non-hydrogen) atoms. The molecule has 1 heterocycles. The Kier molecular flexibility index (Phi) is 6.45. The molecule has 1 aliphatic rings. The average molecular weight is 370 g/mol. The van der Waals surface area contributed by atoms with Gasteiger partial charge in [0.2, 0.25) is 5.91 Å². The predicted octanol–water partition coefficient (Wildman–Crippen LogP) is 3.92. The number of piperidine rings is 1. The molecular formula is C22H27FN2O2. The van der Waals surface area contributed by atoms with Crippen LogP contribution in [0.1, 0.15) is 36.9 Å². The molecule has 4 nitrogen and oxygen atoms in total. The quantitative estimate of drug-likeness (QED) is 0.838. The normalized spacial score (nSPS) is 18.7. The van der Waals surface area contributed by atoms with Crippen LogP contribution < -0.4 is 10.1 Å². The van der Waals surface area contributed by atoms with Gasteiger partial charge in [0.05, 0.1) is 19.1 Å². The van der Waals surface area contributed by atoms with Crippen LogP contribution >= 0.6 is 0 Å². The van der Waals surface area contributed by atoms with Crippen molar-refractivity contribution in [2.24, 2.45) is 5.92 Å². The number of hydrogen-bond acceptors (Lipinski definition) is 3. The molecule has 2 aromatic carbocycles. The molecule has 1 aliphatic heterocycles. The van der Waals surface area contributed by atoms with Crippen molar-refractivity contribution in [3.63, 3.8) is 0 Å². The van der Waals surface area contributed by atoms with Crippen molar-refractivity contribution >= 4 is 5.91 Å². The Morgan fingerprint density at radius 1 is 1.26 bits per heavy atom. The summed E-state index contributed by atoms with van der Waals surface area (Å²) in [5.74, 6) is 0.612. The Morgan fingerprint density at radius 3 is 2.74 bits per heavy atom. The zero-order valence-electron chi connectivity index (χ0n) is 16.0. The lowest BCUT2D eigenvalue weighted by Crippen LogP contribution is -2.43. The van der Waals surface area contributed by atoms with Crippen LogP contribution in [-0.4, -0.2) is 31.0 Å². The van der Waals surface area contributed by atoms with E-state index in [2.05, 4.69) is 10.2 Å². The number of amides is 1. The molecule has 2 aromatic rings. The minimum atomic E-state index is -0.222. The number of benzene rings is 2. The molecule has 0 saturated carbocycles. The van der Waals surface area contributed by atoms with Crippen molar-refractivity contribution < 1.29 is 13.9 Å². The lowest BCUT2D eigenvalue weighted by molar-refractivity contribution is -0.127. The Morgan fingerprint density at radius 2 is 2.00 bits per heavy atom. The number of carbonyl (C=O) groups is 1. The molecule has 1 saturated heterocycles. The van der Waals surface area contributed by atoms with Gasteiger partial charge in [0.1, 0.15) is 11.6 Å². The number of nitrogens with zero attached hydrogens (tertiary/aromatic N) is 1. The first-order valence-corrected chi connectivity index (χ1v) is 9.47. The van der Waals surface area contributed by atoms with E-state index in [1.54, 1.807) is 7.11 Å². The Hall–Kier alpha value is -2.40. The summed E-state index contributed by atoms with van der Waals surface area (Å²) in [7, 11) is 1.64. The SMILES string of the molecule is COc1ccccc1[C@H](C)NC(=O)[C@H]1CCCN(Cc2ccc(F)cc2)C1. The first kappa shape index (κ1) is 19.4. The van der Waals surface area contributed by atoms with Crippen LogP contribution in [0.2, 0.25) is 0 Å². The first-order valence-electron chi connectivity index (χ1n) is 9.47. The fourth-order valence-electron chi connectivity index (χ4n) is 3.69. The van der Waals surface area contributed by atoms with Gasteiger partial charge >= 0.3 is 0 Å². The van der Waals surface area contributed by atoms with Crippen LogP contribution in [0.15, 0.2) is 48.5 Å². The largest absolute Gasteiger partial charge is 0.496 e. The second-order valence-corrected chi connectivity index (χ2v) is 7.17. The predicted molar refractivity (Wildman–Crippen MR) is 104 cm³/mol. The van der Waals surface area contributed by atoms with Crippen LogP contribution in [0, 0.1) is 11.7 Å². The highest BCUT2D eigenvalue weighted by molar-refractivity contribution is 5.79. The molecule has 144 valence electrons. The molecule has 1 amide bonds. The number of hydrogen-bond donors (Lipinski definition) is 1. The number of nitrogens with one attached hydrogen (secondary N) is 1. The number of halogens is 1. The number of para-hydroxylation sites is 1. The Labute approximate surface area is 160 Å². The summed E-state index contributed by atoms with van der Waals surface area (Å²) in [6.07, 6.45) is 1.88. The first-order chi connectivity index (χ1) is 13.1. The van der Waals surface area contributed by atoms with E-state index < -0.39 is 0 Å². The highest BCUT2D eigenvalue weighted by Gasteiger charge is 2.27. The van der Waals surface area contributed by atoms with E-state index in [4.69, 9.17) is 4.74 Å². The number of methoxy groups -OCH3 is 1. The third kappa shape index (κ3) is 5.07. The van der Waals surface area contributed by atoms with E-state index in [9.17, 15) is 9.18 Å². The third-order valence-electron chi connectivity index (χ3n) is 5.16. The van der Waals surface area contributed by atoms with Gasteiger partial charge in [-0.3, -0.25) is 9.69 Å². The summed E-state index contributed by atoms with van der Waals surface area (Å²) in [6, 6.07) is 14.2. The Bertz CT molecular complexity index is 763. The number of rotatable bonds is 6. The summed E-state index contributed by atoms with van der Waals surface area (Å²) in [4.78, 5) is 15.1. The van der Waals surface area contributed by atoms with Crippen molar-refractivity contribution in [2.45, 2.75) is 32.4 Å². The summed E-state index contributed by atoms with van der Waals surface area (Å²) >= 11 is 0. The van der Waals surface area contributed by atoms with Crippen LogP contribution in [0.3, 0.4) is 0 Å². The molecule has 0 spiro atoms. The van der Waals surface area contributed by atoms with Gasteiger partial charge < -0.3 is 10.1 Å². The number of carbonyl (C=O) groups excluding carboxylic acids is 1. The van der Waals surface area contributed by atoms with Gasteiger partial charge in [-0.2, -0.15) is 0 Å². The van der Waals surface area contributed by atoms with Crippen LogP contribution in [-0.2, 0) is 11.3 Å². The second kappa shape index (κ2) is 9.00. The molecule has 1 fully saturated rings. The van der Waals surface area contributed by atoms with E-state index in [-0.39, 0.29) is 23.7 Å². The maximum atomic E-state index is 13.1. The van der Waals surface area contributed by atoms with Gasteiger partial charge in [0.15, 0.2) is 0 Å². The molecule has 2 atom stereocenters. The zero-order valence-corrected chi connectivity index (χ0v) is 16.0. The van der Waals surface area contributed by atoms with E-state index in [1.807, 2.05) is 43.3 Å².